The van der Waals surface area contributed by atoms with Gasteiger partial charge >= 0.3 is 0 Å². The molecule has 6 nitrogen and oxygen atoms in total. The average Bonchev–Trinajstić information content (AvgIpc) is 3.14. The molecule has 1 aliphatic rings. The number of guanidine groups is 1. The van der Waals surface area contributed by atoms with E-state index in [9.17, 15) is 0 Å². The predicted molar refractivity (Wildman–Crippen MR) is 111 cm³/mol. The molecule has 0 aliphatic carbocycles. The second-order valence-corrected chi connectivity index (χ2v) is 6.61. The smallest absolute Gasteiger partial charge is 0.191 e. The summed E-state index contributed by atoms with van der Waals surface area (Å²) in [7, 11) is 1.76. The summed E-state index contributed by atoms with van der Waals surface area (Å²) in [5, 5.41) is 6.84. The Morgan fingerprint density at radius 1 is 1.37 bits per heavy atom. The van der Waals surface area contributed by atoms with E-state index in [1.54, 1.807) is 13.2 Å². The molecule has 1 saturated heterocycles. The monoisotopic (exact) mass is 374 g/mol. The zero-order valence-corrected chi connectivity index (χ0v) is 16.7. The van der Waals surface area contributed by atoms with Crippen molar-refractivity contribution in [3.05, 3.63) is 42.5 Å². The van der Waals surface area contributed by atoms with Gasteiger partial charge in [0.15, 0.2) is 5.96 Å². The molecule has 1 unspecified atom stereocenters. The van der Waals surface area contributed by atoms with E-state index in [-0.39, 0.29) is 0 Å². The summed E-state index contributed by atoms with van der Waals surface area (Å²) in [4.78, 5) is 7.24. The molecule has 1 aliphatic heterocycles. The Labute approximate surface area is 163 Å². The van der Waals surface area contributed by atoms with E-state index >= 15 is 0 Å². The lowest BCUT2D eigenvalue weighted by Gasteiger charge is -2.25. The van der Waals surface area contributed by atoms with Gasteiger partial charge < -0.3 is 20.1 Å². The maximum Gasteiger partial charge on any atom is 0.191 e. The van der Waals surface area contributed by atoms with Crippen LogP contribution in [0.4, 0.5) is 0 Å². The largest absolute Gasteiger partial charge is 0.489 e. The van der Waals surface area contributed by atoms with Gasteiger partial charge in [0.05, 0.1) is 13.2 Å². The van der Waals surface area contributed by atoms with Crippen molar-refractivity contribution in [3.8, 4) is 5.75 Å². The molecule has 2 N–H and O–H groups in total. The maximum absolute atomic E-state index is 5.72. The molecule has 0 aromatic heterocycles. The van der Waals surface area contributed by atoms with E-state index in [1.807, 2.05) is 18.2 Å². The maximum atomic E-state index is 5.72. The second-order valence-electron chi connectivity index (χ2n) is 6.61. The molecule has 1 heterocycles. The highest BCUT2D eigenvalue weighted by Crippen LogP contribution is 2.19. The van der Waals surface area contributed by atoms with Crippen LogP contribution in [0.15, 0.2) is 41.9 Å². The first-order valence-corrected chi connectivity index (χ1v) is 9.85. The lowest BCUT2D eigenvalue weighted by molar-refractivity contribution is 0.141. The van der Waals surface area contributed by atoms with Crippen LogP contribution in [-0.4, -0.2) is 63.4 Å². The van der Waals surface area contributed by atoms with Gasteiger partial charge in [0.25, 0.3) is 0 Å². The first-order chi connectivity index (χ1) is 13.3. The van der Waals surface area contributed by atoms with Crippen molar-refractivity contribution in [3.63, 3.8) is 0 Å². The molecule has 0 bridgehead atoms. The van der Waals surface area contributed by atoms with E-state index in [0.29, 0.717) is 19.2 Å². The van der Waals surface area contributed by atoms with Crippen LogP contribution in [0.25, 0.3) is 0 Å². The Bertz CT molecular complexity index is 591. The number of benzene rings is 1. The number of methoxy groups -OCH3 is 1. The number of rotatable bonds is 11. The topological polar surface area (TPSA) is 58.1 Å². The minimum atomic E-state index is 0.498. The summed E-state index contributed by atoms with van der Waals surface area (Å²) in [6, 6.07) is 8.55. The van der Waals surface area contributed by atoms with Gasteiger partial charge in [0, 0.05) is 38.3 Å². The number of likely N-dealkylation sites (tertiary alicyclic amines) is 1. The first-order valence-electron chi connectivity index (χ1n) is 9.85. The van der Waals surface area contributed by atoms with Crippen molar-refractivity contribution in [2.45, 2.75) is 32.4 Å². The molecule has 2 rings (SSSR count). The minimum Gasteiger partial charge on any atom is -0.489 e. The Morgan fingerprint density at radius 2 is 2.22 bits per heavy atom. The van der Waals surface area contributed by atoms with Gasteiger partial charge in [-0.1, -0.05) is 30.9 Å². The molecule has 0 radical (unpaired) electrons. The van der Waals surface area contributed by atoms with Crippen LogP contribution >= 0.6 is 0 Å². The van der Waals surface area contributed by atoms with Gasteiger partial charge in [0.2, 0.25) is 0 Å². The number of aliphatic imine (C=N–C) groups is 1. The number of ether oxygens (including phenoxy) is 2. The van der Waals surface area contributed by atoms with Gasteiger partial charge in [-0.3, -0.25) is 4.90 Å². The third-order valence-electron chi connectivity index (χ3n) is 4.67. The first kappa shape index (κ1) is 21.3. The van der Waals surface area contributed by atoms with Gasteiger partial charge in [-0.05, 0) is 32.4 Å². The van der Waals surface area contributed by atoms with Crippen LogP contribution in [0.3, 0.4) is 0 Å². The quantitative estimate of drug-likeness (QED) is 0.354. The molecule has 1 atom stereocenters. The molecular weight excluding hydrogens is 340 g/mol. The minimum absolute atomic E-state index is 0.498. The molecule has 1 aromatic carbocycles. The Morgan fingerprint density at radius 3 is 3.00 bits per heavy atom. The molecular formula is C21H34N4O2. The van der Waals surface area contributed by atoms with Crippen LogP contribution in [0.1, 0.15) is 25.3 Å². The Kier molecular flexibility index (Phi) is 9.73. The highest BCUT2D eigenvalue weighted by molar-refractivity contribution is 5.79. The number of para-hydroxylation sites is 1. The summed E-state index contributed by atoms with van der Waals surface area (Å²) in [5.41, 5.74) is 1.07. The fraction of sp³-hybridized carbons (Fsp3) is 0.571. The molecule has 27 heavy (non-hydrogen) atoms. The Balaban J connectivity index is 1.93. The van der Waals surface area contributed by atoms with Crippen LogP contribution in [-0.2, 0) is 11.3 Å². The van der Waals surface area contributed by atoms with Crippen molar-refractivity contribution in [1.29, 1.82) is 0 Å². The summed E-state index contributed by atoms with van der Waals surface area (Å²) < 4.78 is 11.0. The van der Waals surface area contributed by atoms with Crippen LogP contribution in [0.2, 0.25) is 0 Å². The number of hydrogen-bond donors (Lipinski definition) is 2. The molecule has 1 fully saturated rings. The van der Waals surface area contributed by atoms with Crippen molar-refractivity contribution >= 4 is 5.96 Å². The molecule has 0 spiro atoms. The van der Waals surface area contributed by atoms with E-state index < -0.39 is 0 Å². The SMILES string of the molecule is C=CCOc1ccccc1CN=C(NCC)NCC1CCCN1CCOC. The fourth-order valence-corrected chi connectivity index (χ4v) is 3.27. The third-order valence-corrected chi connectivity index (χ3v) is 4.67. The normalized spacial score (nSPS) is 17.7. The predicted octanol–water partition coefficient (Wildman–Crippen LogP) is 2.42. The van der Waals surface area contributed by atoms with Gasteiger partial charge in [-0.15, -0.1) is 0 Å². The van der Waals surface area contributed by atoms with Crippen molar-refractivity contribution < 1.29 is 9.47 Å². The molecule has 6 heteroatoms. The van der Waals surface area contributed by atoms with Crippen LogP contribution in [0.5, 0.6) is 5.75 Å². The molecule has 0 amide bonds. The zero-order chi connectivity index (χ0) is 19.3. The van der Waals surface area contributed by atoms with E-state index in [0.717, 1.165) is 50.1 Å². The van der Waals surface area contributed by atoms with Gasteiger partial charge in [0.1, 0.15) is 12.4 Å². The number of nitrogens with one attached hydrogen (secondary N) is 2. The zero-order valence-electron chi connectivity index (χ0n) is 16.7. The highest BCUT2D eigenvalue weighted by Gasteiger charge is 2.23. The van der Waals surface area contributed by atoms with Crippen molar-refractivity contribution in [2.24, 2.45) is 4.99 Å². The summed E-state index contributed by atoms with van der Waals surface area (Å²) in [5.74, 6) is 1.70. The average molecular weight is 375 g/mol. The molecule has 0 saturated carbocycles. The summed E-state index contributed by atoms with van der Waals surface area (Å²) in [6.07, 6.45) is 4.22. The summed E-state index contributed by atoms with van der Waals surface area (Å²) in [6.45, 7) is 11.5. The van der Waals surface area contributed by atoms with Crippen LogP contribution in [0, 0.1) is 0 Å². The number of hydrogen-bond acceptors (Lipinski definition) is 4. The Hall–Kier alpha value is -2.05. The molecule has 1 aromatic rings. The third kappa shape index (κ3) is 7.23. The number of nitrogens with zero attached hydrogens (tertiary/aromatic N) is 2. The summed E-state index contributed by atoms with van der Waals surface area (Å²) >= 11 is 0. The van der Waals surface area contributed by atoms with Crippen molar-refractivity contribution in [2.75, 3.05) is 46.5 Å². The highest BCUT2D eigenvalue weighted by atomic mass is 16.5. The lowest BCUT2D eigenvalue weighted by Crippen LogP contribution is -2.45. The standard InChI is InChI=1S/C21H34N4O2/c1-4-14-27-20-11-7-6-9-18(20)16-23-21(22-5-2)24-17-19-10-8-12-25(19)13-15-26-3/h4,6-7,9,11,19H,1,5,8,10,12-17H2,2-3H3,(H2,22,23,24). The van der Waals surface area contributed by atoms with E-state index in [1.165, 1.54) is 12.8 Å². The van der Waals surface area contributed by atoms with Crippen molar-refractivity contribution in [1.82, 2.24) is 15.5 Å². The van der Waals surface area contributed by atoms with Gasteiger partial charge in [-0.2, -0.15) is 0 Å². The van der Waals surface area contributed by atoms with E-state index in [4.69, 9.17) is 14.5 Å². The molecule has 150 valence electrons. The lowest BCUT2D eigenvalue weighted by atomic mass is 10.2. The fourth-order valence-electron chi connectivity index (χ4n) is 3.27. The van der Waals surface area contributed by atoms with E-state index in [2.05, 4.69) is 35.1 Å². The second kappa shape index (κ2) is 12.4. The van der Waals surface area contributed by atoms with Gasteiger partial charge in [-0.25, -0.2) is 4.99 Å². The van der Waals surface area contributed by atoms with Crippen LogP contribution < -0.4 is 15.4 Å².